The van der Waals surface area contributed by atoms with Crippen molar-refractivity contribution in [2.75, 3.05) is 36.1 Å². The van der Waals surface area contributed by atoms with E-state index in [1.54, 1.807) is 9.80 Å². The van der Waals surface area contributed by atoms with Gasteiger partial charge >= 0.3 is 0 Å². The smallest absolute Gasteiger partial charge is 0.253 e. The molecular formula is C38H41N3O6. The van der Waals surface area contributed by atoms with Crippen molar-refractivity contribution in [2.45, 2.75) is 56.9 Å². The summed E-state index contributed by atoms with van der Waals surface area (Å²) in [6, 6.07) is 19.5. The van der Waals surface area contributed by atoms with Gasteiger partial charge in [-0.15, -0.1) is 0 Å². The second kappa shape index (κ2) is 12.0. The molecule has 9 nitrogen and oxygen atoms in total. The molecule has 0 radical (unpaired) electrons. The Morgan fingerprint density at radius 3 is 2.19 bits per heavy atom. The number of carbonyl (C=O) groups is 3. The van der Waals surface area contributed by atoms with Crippen LogP contribution in [0.4, 0.5) is 11.4 Å². The highest BCUT2D eigenvalue weighted by Gasteiger charge is 2.76. The van der Waals surface area contributed by atoms with Crippen molar-refractivity contribution >= 4 is 39.9 Å². The second-order valence-corrected chi connectivity index (χ2v) is 12.8. The number of rotatable bonds is 8. The molecule has 4 heterocycles. The SMILES string of the molecule is CCOc1ccc(N2CC=C[C@]3(CC)O[C@]45C=CCN(c6ccc7ccccc7c6)C(=O)C4N([C@@H](CC)CO)C(=O)[C@@H]5[C@@H]3C2=O)cc1. The van der Waals surface area contributed by atoms with Gasteiger partial charge in [-0.3, -0.25) is 14.4 Å². The number of nitrogens with zero attached hydrogens (tertiary/aromatic N) is 3. The Morgan fingerprint density at radius 1 is 0.830 bits per heavy atom. The van der Waals surface area contributed by atoms with Crippen molar-refractivity contribution in [2.24, 2.45) is 11.8 Å². The fraction of sp³-hybridized carbons (Fsp3) is 0.395. The van der Waals surface area contributed by atoms with E-state index >= 15 is 0 Å². The van der Waals surface area contributed by atoms with Crippen molar-refractivity contribution in [1.29, 1.82) is 0 Å². The van der Waals surface area contributed by atoms with Crippen LogP contribution in [0.3, 0.4) is 0 Å². The molecular weight excluding hydrogens is 594 g/mol. The number of amides is 3. The number of benzene rings is 3. The average Bonchev–Trinajstić information content (AvgIpc) is 3.38. The molecule has 0 bridgehead atoms. The summed E-state index contributed by atoms with van der Waals surface area (Å²) in [6.45, 7) is 6.56. The topological polar surface area (TPSA) is 99.6 Å². The van der Waals surface area contributed by atoms with Crippen LogP contribution in [0.15, 0.2) is 91.0 Å². The van der Waals surface area contributed by atoms with Crippen LogP contribution in [0.25, 0.3) is 10.8 Å². The third-order valence-corrected chi connectivity index (χ3v) is 10.5. The lowest BCUT2D eigenvalue weighted by molar-refractivity contribution is -0.149. The van der Waals surface area contributed by atoms with Gasteiger partial charge in [-0.2, -0.15) is 0 Å². The Kier molecular flexibility index (Phi) is 7.92. The summed E-state index contributed by atoms with van der Waals surface area (Å²) in [6.07, 6.45) is 8.48. The highest BCUT2D eigenvalue weighted by Crippen LogP contribution is 2.59. The molecule has 47 heavy (non-hydrogen) atoms. The Morgan fingerprint density at radius 2 is 1.51 bits per heavy atom. The molecule has 0 aliphatic carbocycles. The van der Waals surface area contributed by atoms with Gasteiger partial charge in [-0.05, 0) is 66.9 Å². The van der Waals surface area contributed by atoms with E-state index in [-0.39, 0.29) is 30.9 Å². The Bertz CT molecular complexity index is 1770. The normalized spacial score (nSPS) is 29.1. The summed E-state index contributed by atoms with van der Waals surface area (Å²) < 4.78 is 12.7. The summed E-state index contributed by atoms with van der Waals surface area (Å²) in [5, 5.41) is 12.6. The summed E-state index contributed by atoms with van der Waals surface area (Å²) in [4.78, 5) is 49.4. The molecule has 2 saturated heterocycles. The lowest BCUT2D eigenvalue weighted by atomic mass is 9.73. The van der Waals surface area contributed by atoms with Gasteiger partial charge in [0.2, 0.25) is 11.8 Å². The maximum absolute atomic E-state index is 14.9. The zero-order valence-electron chi connectivity index (χ0n) is 27.0. The van der Waals surface area contributed by atoms with Gasteiger partial charge in [0.05, 0.1) is 36.7 Å². The molecule has 4 aliphatic heterocycles. The largest absolute Gasteiger partial charge is 0.494 e. The average molecular weight is 636 g/mol. The molecule has 0 saturated carbocycles. The highest BCUT2D eigenvalue weighted by molar-refractivity contribution is 6.08. The summed E-state index contributed by atoms with van der Waals surface area (Å²) in [5.74, 6) is -2.02. The fourth-order valence-corrected chi connectivity index (χ4v) is 8.20. The number of aliphatic hydroxyl groups is 1. The van der Waals surface area contributed by atoms with Crippen LogP contribution in [0.5, 0.6) is 5.75 Å². The number of anilines is 2. The van der Waals surface area contributed by atoms with Crippen LogP contribution in [0, 0.1) is 11.8 Å². The quantitative estimate of drug-likeness (QED) is 0.355. The van der Waals surface area contributed by atoms with Crippen LogP contribution in [0.2, 0.25) is 0 Å². The minimum atomic E-state index is -1.41. The molecule has 9 heteroatoms. The Balaban J connectivity index is 1.34. The van der Waals surface area contributed by atoms with E-state index in [4.69, 9.17) is 9.47 Å². The zero-order valence-corrected chi connectivity index (χ0v) is 27.0. The van der Waals surface area contributed by atoms with E-state index in [1.807, 2.05) is 112 Å². The summed E-state index contributed by atoms with van der Waals surface area (Å²) in [7, 11) is 0. The maximum atomic E-state index is 14.9. The number of aliphatic hydroxyl groups excluding tert-OH is 1. The van der Waals surface area contributed by atoms with E-state index < -0.39 is 35.1 Å². The Labute approximate surface area is 275 Å². The first-order valence-corrected chi connectivity index (χ1v) is 16.7. The first-order valence-electron chi connectivity index (χ1n) is 16.7. The van der Waals surface area contributed by atoms with E-state index in [0.29, 0.717) is 43.1 Å². The first kappa shape index (κ1) is 31.1. The Hall–Kier alpha value is -4.47. The standard InChI is InChI=1S/C38H41N3O6/c1-4-27(24-42)41-33-36(45)40(29-14-13-25-11-7-8-12-26(25)23-29)22-10-20-38(33)32(35(41)44)31-34(43)39(21-9-19-37(31,5-2)47-38)28-15-17-30(18-16-28)46-6-3/h7-20,23,27,31-33,42H,4-6,21-22,24H2,1-3H3/t27-,31+,32-,33?,37-,38-/m0/s1. The number of fused-ring (bicyclic) bond motifs is 3. The van der Waals surface area contributed by atoms with Crippen LogP contribution >= 0.6 is 0 Å². The van der Waals surface area contributed by atoms with Gasteiger partial charge in [0.25, 0.3) is 5.91 Å². The predicted molar refractivity (Wildman–Crippen MR) is 180 cm³/mol. The molecule has 7 rings (SSSR count). The number of ether oxygens (including phenoxy) is 2. The van der Waals surface area contributed by atoms with Crippen molar-refractivity contribution in [3.63, 3.8) is 0 Å². The predicted octanol–water partition coefficient (Wildman–Crippen LogP) is 4.88. The lowest BCUT2D eigenvalue weighted by Crippen LogP contribution is -2.59. The van der Waals surface area contributed by atoms with Crippen molar-refractivity contribution < 1.29 is 29.0 Å². The van der Waals surface area contributed by atoms with Gasteiger partial charge in [0.1, 0.15) is 17.4 Å². The molecule has 1 spiro atoms. The van der Waals surface area contributed by atoms with Gasteiger partial charge < -0.3 is 29.3 Å². The minimum absolute atomic E-state index is 0.231. The van der Waals surface area contributed by atoms with Gasteiger partial charge in [0, 0.05) is 24.5 Å². The van der Waals surface area contributed by atoms with Crippen LogP contribution in [0.1, 0.15) is 33.6 Å². The van der Waals surface area contributed by atoms with E-state index in [9.17, 15) is 19.5 Å². The van der Waals surface area contributed by atoms with Gasteiger partial charge in [-0.25, -0.2) is 0 Å². The first-order chi connectivity index (χ1) is 22.8. The molecule has 3 aromatic rings. The van der Waals surface area contributed by atoms with Crippen molar-refractivity contribution in [3.8, 4) is 5.75 Å². The molecule has 3 aromatic carbocycles. The summed E-state index contributed by atoms with van der Waals surface area (Å²) in [5.41, 5.74) is -1.12. The molecule has 6 atom stereocenters. The number of carbonyl (C=O) groups excluding carboxylic acids is 3. The van der Waals surface area contributed by atoms with E-state index in [2.05, 4.69) is 0 Å². The van der Waals surface area contributed by atoms with Crippen molar-refractivity contribution in [3.05, 3.63) is 91.0 Å². The van der Waals surface area contributed by atoms with Crippen LogP contribution < -0.4 is 14.5 Å². The number of hydrogen-bond donors (Lipinski definition) is 1. The maximum Gasteiger partial charge on any atom is 0.253 e. The minimum Gasteiger partial charge on any atom is -0.494 e. The molecule has 3 amide bonds. The van der Waals surface area contributed by atoms with Crippen molar-refractivity contribution in [1.82, 2.24) is 4.90 Å². The van der Waals surface area contributed by atoms with Crippen LogP contribution in [-0.2, 0) is 19.1 Å². The third kappa shape index (κ3) is 4.70. The second-order valence-electron chi connectivity index (χ2n) is 12.8. The molecule has 244 valence electrons. The molecule has 1 unspecified atom stereocenters. The van der Waals surface area contributed by atoms with E-state index in [1.165, 1.54) is 4.90 Å². The highest BCUT2D eigenvalue weighted by atomic mass is 16.5. The van der Waals surface area contributed by atoms with Crippen LogP contribution in [-0.4, -0.2) is 77.3 Å². The fourth-order valence-electron chi connectivity index (χ4n) is 8.20. The molecule has 0 aromatic heterocycles. The molecule has 2 fully saturated rings. The van der Waals surface area contributed by atoms with Gasteiger partial charge in [0.15, 0.2) is 0 Å². The number of likely N-dealkylation sites (tertiary alicyclic amines) is 1. The van der Waals surface area contributed by atoms with Gasteiger partial charge in [-0.1, -0.05) is 68.5 Å². The zero-order chi connectivity index (χ0) is 32.9. The lowest BCUT2D eigenvalue weighted by Gasteiger charge is -2.40. The third-order valence-electron chi connectivity index (χ3n) is 10.5. The molecule has 4 aliphatic rings. The molecule has 1 N–H and O–H groups in total. The summed E-state index contributed by atoms with van der Waals surface area (Å²) >= 11 is 0. The number of hydrogen-bond acceptors (Lipinski definition) is 6. The monoisotopic (exact) mass is 635 g/mol. The van der Waals surface area contributed by atoms with E-state index in [0.717, 1.165) is 10.8 Å².